The van der Waals surface area contributed by atoms with Crippen molar-refractivity contribution in [2.45, 2.75) is 122 Å². The van der Waals surface area contributed by atoms with Crippen LogP contribution in [0.15, 0.2) is 0 Å². The van der Waals surface area contributed by atoms with Gasteiger partial charge in [-0.05, 0) is 6.42 Å². The Kier molecular flexibility index (Phi) is 27.4. The highest BCUT2D eigenvalue weighted by atomic mass is 35.5. The maximum Gasteiger partial charge on any atom is 0.304 e. The van der Waals surface area contributed by atoms with Crippen LogP contribution in [0.25, 0.3) is 0 Å². The second kappa shape index (κ2) is 24.1. The molecule has 0 radical (unpaired) electrons. The number of quaternary nitrogens is 2. The lowest BCUT2D eigenvalue weighted by molar-refractivity contribution is -0.870. The summed E-state index contributed by atoms with van der Waals surface area (Å²) in [6.07, 6.45) is 22.4. The highest BCUT2D eigenvalue weighted by Gasteiger charge is 2.24. The van der Waals surface area contributed by atoms with Crippen LogP contribution in [0.1, 0.15) is 116 Å². The number of unbranched alkanes of at least 4 members (excludes halogenated alkanes) is 15. The van der Waals surface area contributed by atoms with Crippen molar-refractivity contribution in [3.8, 4) is 0 Å². The number of amides is 1. The van der Waals surface area contributed by atoms with Crippen LogP contribution in [-0.4, -0.2) is 60.9 Å². The van der Waals surface area contributed by atoms with Gasteiger partial charge in [0.15, 0.2) is 6.04 Å². The summed E-state index contributed by atoms with van der Waals surface area (Å²) >= 11 is 0. The zero-order valence-electron chi connectivity index (χ0n) is 21.7. The fourth-order valence-electron chi connectivity index (χ4n) is 3.78. The first-order valence-electron chi connectivity index (χ1n) is 12.9. The second-order valence-electron chi connectivity index (χ2n) is 10.3. The van der Waals surface area contributed by atoms with E-state index >= 15 is 0 Å². The first-order chi connectivity index (χ1) is 14.3. The van der Waals surface area contributed by atoms with Crippen molar-refractivity contribution in [3.05, 3.63) is 0 Å². The molecule has 0 saturated carbocycles. The summed E-state index contributed by atoms with van der Waals surface area (Å²) in [5, 5.41) is 10.8. The molecule has 1 atom stereocenters. The number of hydroxylamine groups is 2. The molecule has 0 aromatic carbocycles. The highest BCUT2D eigenvalue weighted by Crippen LogP contribution is 2.14. The van der Waals surface area contributed by atoms with Gasteiger partial charge < -0.3 is 35.0 Å². The lowest BCUT2D eigenvalue weighted by Gasteiger charge is -2.26. The van der Waals surface area contributed by atoms with E-state index in [1.54, 1.807) is 0 Å². The molecule has 0 aliphatic heterocycles. The molecular weight excluding hydrogens is 445 g/mol. The molecule has 1 amide bonds. The summed E-state index contributed by atoms with van der Waals surface area (Å²) in [5.74, 6) is -0.232. The minimum Gasteiger partial charge on any atom is -1.00 e. The van der Waals surface area contributed by atoms with Gasteiger partial charge in [-0.25, -0.2) is 5.06 Å². The molecule has 7 heteroatoms. The maximum absolute atomic E-state index is 12.2. The Morgan fingerprint density at radius 1 is 0.750 bits per heavy atom. The largest absolute Gasteiger partial charge is 1.00 e. The van der Waals surface area contributed by atoms with E-state index in [-0.39, 0.29) is 36.8 Å². The van der Waals surface area contributed by atoms with Gasteiger partial charge in [-0.15, -0.1) is 0 Å². The van der Waals surface area contributed by atoms with Crippen LogP contribution in [-0.2, 0) is 4.79 Å². The van der Waals surface area contributed by atoms with Gasteiger partial charge in [-0.2, -0.15) is 0 Å². The lowest BCUT2D eigenvalue weighted by atomic mass is 10.0. The van der Waals surface area contributed by atoms with Gasteiger partial charge in [-0.1, -0.05) is 103 Å². The molecule has 0 heterocycles. The van der Waals surface area contributed by atoms with E-state index in [0.717, 1.165) is 28.9 Å². The fraction of sp³-hybridized carbons (Fsp3) is 0.960. The monoisotopic (exact) mass is 499 g/mol. The fourth-order valence-corrected chi connectivity index (χ4v) is 3.78. The number of hydrogen-bond donors (Lipinski definition) is 2. The van der Waals surface area contributed by atoms with Crippen LogP contribution in [0.3, 0.4) is 0 Å². The normalized spacial score (nSPS) is 12.1. The summed E-state index contributed by atoms with van der Waals surface area (Å²) in [5.41, 5.74) is 3.95. The molecule has 0 aromatic rings. The third-order valence-corrected chi connectivity index (χ3v) is 5.99. The molecule has 4 N–H and O–H groups in total. The number of hydrogen-bond acceptors (Lipinski definition) is 2. The van der Waals surface area contributed by atoms with Crippen molar-refractivity contribution >= 4 is 5.91 Å². The molecule has 32 heavy (non-hydrogen) atoms. The molecule has 0 aliphatic rings. The molecule has 0 fully saturated rings. The SMILES string of the molecule is CCCCCCCCCCCCCCCCCCC([NH3+])C(=O)N(O)CC[N+](C)(C)C.[Cl-].[Cl-]. The number of carbonyl (C=O) groups excluding carboxylic acids is 1. The quantitative estimate of drug-likeness (QED) is 0.0936. The van der Waals surface area contributed by atoms with Crippen molar-refractivity contribution in [1.82, 2.24) is 5.06 Å². The number of carbonyl (C=O) groups is 1. The van der Waals surface area contributed by atoms with Crippen molar-refractivity contribution < 1.29 is 45.0 Å². The average Bonchev–Trinajstić information content (AvgIpc) is 2.70. The smallest absolute Gasteiger partial charge is 0.304 e. The van der Waals surface area contributed by atoms with Crippen molar-refractivity contribution in [2.24, 2.45) is 0 Å². The summed E-state index contributed by atoms with van der Waals surface area (Å²) in [6.45, 7) is 3.38. The molecule has 5 nitrogen and oxygen atoms in total. The van der Waals surface area contributed by atoms with E-state index in [0.29, 0.717) is 6.54 Å². The highest BCUT2D eigenvalue weighted by molar-refractivity contribution is 5.79. The van der Waals surface area contributed by atoms with E-state index in [2.05, 4.69) is 33.8 Å². The standard InChI is InChI=1S/C25H54N3O2.2ClH/c1-5-6-7-8-9-10-11-12-13-14-15-16-17-18-19-20-21-24(26)25(29)27(30)22-23-28(2,3)4;;/h24,30H,5-23,26H2,1-4H3;2*1H/q+1;;/p-1. The number of likely N-dealkylation sites (N-methyl/N-ethyl adjacent to an activating group) is 1. The van der Waals surface area contributed by atoms with E-state index in [1.165, 1.54) is 96.3 Å². The summed E-state index contributed by atoms with van der Waals surface area (Å²) in [6, 6.07) is -0.325. The molecule has 0 saturated heterocycles. The van der Waals surface area contributed by atoms with Crippen molar-refractivity contribution in [1.29, 1.82) is 0 Å². The number of halogens is 2. The Balaban J connectivity index is -0.00000420. The zero-order valence-corrected chi connectivity index (χ0v) is 23.2. The van der Waals surface area contributed by atoms with Crippen LogP contribution in [0.5, 0.6) is 0 Å². The van der Waals surface area contributed by atoms with Crippen LogP contribution in [0, 0.1) is 0 Å². The summed E-state index contributed by atoms with van der Waals surface area (Å²) < 4.78 is 0.727. The van der Waals surface area contributed by atoms with Gasteiger partial charge in [0.05, 0.1) is 34.2 Å². The average molecular weight is 501 g/mol. The minimum atomic E-state index is -0.325. The van der Waals surface area contributed by atoms with Crippen LogP contribution in [0.2, 0.25) is 0 Å². The van der Waals surface area contributed by atoms with Crippen molar-refractivity contribution in [3.63, 3.8) is 0 Å². The van der Waals surface area contributed by atoms with Gasteiger partial charge in [0.1, 0.15) is 0 Å². The third kappa shape index (κ3) is 24.6. The first kappa shape index (κ1) is 36.5. The maximum atomic E-state index is 12.2. The van der Waals surface area contributed by atoms with E-state index in [1.807, 2.05) is 0 Å². The second-order valence-corrected chi connectivity index (χ2v) is 10.3. The van der Waals surface area contributed by atoms with Crippen molar-refractivity contribution in [2.75, 3.05) is 34.2 Å². The number of rotatable bonds is 21. The molecule has 196 valence electrons. The topological polar surface area (TPSA) is 68.2 Å². The summed E-state index contributed by atoms with van der Waals surface area (Å²) in [4.78, 5) is 12.2. The lowest BCUT2D eigenvalue weighted by Crippen LogP contribution is -3.00. The molecule has 1 unspecified atom stereocenters. The Morgan fingerprint density at radius 3 is 1.44 bits per heavy atom. The minimum absolute atomic E-state index is 0. The predicted octanol–water partition coefficient (Wildman–Crippen LogP) is -0.819. The molecule has 0 aliphatic carbocycles. The van der Waals surface area contributed by atoms with Crippen LogP contribution in [0.4, 0.5) is 0 Å². The molecule has 0 spiro atoms. The molecule has 0 bridgehead atoms. The van der Waals surface area contributed by atoms with Gasteiger partial charge >= 0.3 is 5.91 Å². The van der Waals surface area contributed by atoms with Gasteiger partial charge in [0.2, 0.25) is 0 Å². The Labute approximate surface area is 212 Å². The third-order valence-electron chi connectivity index (χ3n) is 5.99. The van der Waals surface area contributed by atoms with Gasteiger partial charge in [0, 0.05) is 6.42 Å². The zero-order chi connectivity index (χ0) is 22.7. The molecule has 0 rings (SSSR count). The van der Waals surface area contributed by atoms with E-state index in [9.17, 15) is 10.0 Å². The Hall–Kier alpha value is -0.0700. The molecule has 0 aromatic heterocycles. The van der Waals surface area contributed by atoms with Crippen LogP contribution < -0.4 is 30.5 Å². The number of nitrogens with zero attached hydrogens (tertiary/aromatic N) is 2. The Bertz CT molecular complexity index is 407. The van der Waals surface area contributed by atoms with Crippen LogP contribution >= 0.6 is 0 Å². The Morgan fingerprint density at radius 2 is 1.09 bits per heavy atom. The van der Waals surface area contributed by atoms with Gasteiger partial charge in [-0.3, -0.25) is 10.0 Å². The summed E-state index contributed by atoms with van der Waals surface area (Å²) in [7, 11) is 6.16. The van der Waals surface area contributed by atoms with E-state index < -0.39 is 0 Å². The molecular formula is C25H55Cl2N3O2. The van der Waals surface area contributed by atoms with Gasteiger partial charge in [0.25, 0.3) is 0 Å². The first-order valence-corrected chi connectivity index (χ1v) is 12.9. The van der Waals surface area contributed by atoms with E-state index in [4.69, 9.17) is 0 Å². The predicted molar refractivity (Wildman–Crippen MR) is 127 cm³/mol.